The minimum atomic E-state index is -1.15. The number of aliphatic hydroxyl groups excluding tert-OH is 1. The summed E-state index contributed by atoms with van der Waals surface area (Å²) < 4.78 is 4.56. The molecule has 0 saturated carbocycles. The molecule has 0 amide bonds. The van der Waals surface area contributed by atoms with E-state index in [1.807, 2.05) is 72.9 Å². The van der Waals surface area contributed by atoms with Crippen molar-refractivity contribution in [3.05, 3.63) is 102 Å². The van der Waals surface area contributed by atoms with Gasteiger partial charge in [0.2, 0.25) is 6.29 Å². The summed E-state index contributed by atoms with van der Waals surface area (Å²) in [5.41, 5.74) is 1.62. The molecule has 1 heterocycles. The van der Waals surface area contributed by atoms with E-state index in [1.165, 1.54) is 6.08 Å². The van der Waals surface area contributed by atoms with E-state index in [0.29, 0.717) is 5.57 Å². The summed E-state index contributed by atoms with van der Waals surface area (Å²) in [6.07, 6.45) is 18.9. The molecule has 0 spiro atoms. The Bertz CT molecular complexity index is 689. The van der Waals surface area contributed by atoms with Gasteiger partial charge in [0.1, 0.15) is 0 Å². The predicted molar refractivity (Wildman–Crippen MR) is 92.2 cm³/mol. The molecule has 1 aliphatic heterocycles. The normalized spacial score (nSPS) is 18.9. The zero-order chi connectivity index (χ0) is 16.3. The fraction of sp³-hybridized carbons (Fsp3) is 0.0500. The van der Waals surface area contributed by atoms with E-state index in [0.717, 1.165) is 5.56 Å². The SMILES string of the molecule is O=C1C=C(C=CC=CC=CC=CC=Cc2ccccc2)C(O)O1. The predicted octanol–water partition coefficient (Wildman–Crippen LogP) is 3.73. The molecular formula is C20H18O3. The van der Waals surface area contributed by atoms with Crippen LogP contribution in [0, 0.1) is 0 Å². The Morgan fingerprint density at radius 1 is 0.826 bits per heavy atom. The van der Waals surface area contributed by atoms with Crippen LogP contribution in [0.25, 0.3) is 6.08 Å². The van der Waals surface area contributed by atoms with Gasteiger partial charge in [0.25, 0.3) is 0 Å². The molecule has 0 radical (unpaired) electrons. The zero-order valence-corrected chi connectivity index (χ0v) is 12.6. The average molecular weight is 306 g/mol. The quantitative estimate of drug-likeness (QED) is 0.643. The van der Waals surface area contributed by atoms with E-state index >= 15 is 0 Å². The van der Waals surface area contributed by atoms with E-state index in [1.54, 1.807) is 18.2 Å². The minimum Gasteiger partial charge on any atom is -0.428 e. The van der Waals surface area contributed by atoms with Crippen LogP contribution < -0.4 is 0 Å². The van der Waals surface area contributed by atoms with Gasteiger partial charge in [0.15, 0.2) is 0 Å². The number of carbonyl (C=O) groups is 1. The summed E-state index contributed by atoms with van der Waals surface area (Å²) >= 11 is 0. The van der Waals surface area contributed by atoms with Crippen LogP contribution >= 0.6 is 0 Å². The number of benzene rings is 1. The van der Waals surface area contributed by atoms with Crippen molar-refractivity contribution in [3.63, 3.8) is 0 Å². The number of hydrogen-bond donors (Lipinski definition) is 1. The largest absolute Gasteiger partial charge is 0.428 e. The minimum absolute atomic E-state index is 0.453. The van der Waals surface area contributed by atoms with Gasteiger partial charge in [-0.1, -0.05) is 91.1 Å². The molecule has 0 fully saturated rings. The highest BCUT2D eigenvalue weighted by Crippen LogP contribution is 2.13. The van der Waals surface area contributed by atoms with Crippen molar-refractivity contribution in [1.82, 2.24) is 0 Å². The first-order valence-electron chi connectivity index (χ1n) is 7.26. The molecule has 1 aliphatic rings. The van der Waals surface area contributed by atoms with Crippen molar-refractivity contribution < 1.29 is 14.6 Å². The van der Waals surface area contributed by atoms with Crippen molar-refractivity contribution in [3.8, 4) is 0 Å². The van der Waals surface area contributed by atoms with Gasteiger partial charge in [-0.05, 0) is 5.56 Å². The lowest BCUT2D eigenvalue weighted by molar-refractivity contribution is -0.150. The molecule has 0 aromatic heterocycles. The Balaban J connectivity index is 1.72. The summed E-state index contributed by atoms with van der Waals surface area (Å²) in [6.45, 7) is 0. The molecule has 1 N–H and O–H groups in total. The van der Waals surface area contributed by atoms with Gasteiger partial charge in [-0.25, -0.2) is 4.79 Å². The van der Waals surface area contributed by atoms with Crippen LogP contribution in [0.3, 0.4) is 0 Å². The van der Waals surface area contributed by atoms with Crippen molar-refractivity contribution in [1.29, 1.82) is 0 Å². The molecule has 1 atom stereocenters. The molecule has 3 nitrogen and oxygen atoms in total. The van der Waals surface area contributed by atoms with Crippen molar-refractivity contribution >= 4 is 12.0 Å². The standard InChI is InChI=1S/C20H18O3/c21-19-16-18(20(22)23-19)15-11-6-4-2-1-3-5-8-12-17-13-9-7-10-14-17/h1-16,20,22H. The number of carbonyl (C=O) groups excluding carboxylic acids is 1. The summed E-state index contributed by atoms with van der Waals surface area (Å²) in [5.74, 6) is -0.519. The van der Waals surface area contributed by atoms with Gasteiger partial charge >= 0.3 is 5.97 Å². The molecule has 0 bridgehead atoms. The van der Waals surface area contributed by atoms with E-state index in [2.05, 4.69) is 4.74 Å². The van der Waals surface area contributed by atoms with Gasteiger partial charge in [-0.3, -0.25) is 0 Å². The van der Waals surface area contributed by atoms with Crippen LogP contribution in [-0.4, -0.2) is 17.4 Å². The maximum absolute atomic E-state index is 10.9. The first kappa shape index (κ1) is 16.5. The molecule has 1 unspecified atom stereocenters. The fourth-order valence-corrected chi connectivity index (χ4v) is 1.83. The number of esters is 1. The maximum atomic E-state index is 10.9. The lowest BCUT2D eigenvalue weighted by atomic mass is 10.2. The Morgan fingerprint density at radius 2 is 1.39 bits per heavy atom. The summed E-state index contributed by atoms with van der Waals surface area (Å²) in [6, 6.07) is 10.1. The Kier molecular flexibility index (Phi) is 6.57. The van der Waals surface area contributed by atoms with Gasteiger partial charge in [-0.2, -0.15) is 0 Å². The zero-order valence-electron chi connectivity index (χ0n) is 12.6. The van der Waals surface area contributed by atoms with Crippen molar-refractivity contribution in [2.45, 2.75) is 6.29 Å². The van der Waals surface area contributed by atoms with Gasteiger partial charge < -0.3 is 9.84 Å². The smallest absolute Gasteiger partial charge is 0.333 e. The molecule has 0 aliphatic carbocycles. The van der Waals surface area contributed by atoms with Crippen LogP contribution in [0.15, 0.2) is 96.7 Å². The third kappa shape index (κ3) is 6.16. The second-order valence-corrected chi connectivity index (χ2v) is 4.72. The fourth-order valence-electron chi connectivity index (χ4n) is 1.83. The van der Waals surface area contributed by atoms with Crippen LogP contribution in [0.2, 0.25) is 0 Å². The van der Waals surface area contributed by atoms with Gasteiger partial charge in [-0.15, -0.1) is 0 Å². The topological polar surface area (TPSA) is 46.5 Å². The van der Waals surface area contributed by atoms with Crippen LogP contribution in [0.5, 0.6) is 0 Å². The van der Waals surface area contributed by atoms with Gasteiger partial charge in [0, 0.05) is 11.6 Å². The number of ether oxygens (including phenoxy) is 1. The third-order valence-corrected chi connectivity index (χ3v) is 2.95. The average Bonchev–Trinajstić information content (AvgIpc) is 2.88. The number of hydrogen-bond acceptors (Lipinski definition) is 3. The maximum Gasteiger partial charge on any atom is 0.333 e. The molecule has 116 valence electrons. The highest BCUT2D eigenvalue weighted by Gasteiger charge is 2.20. The van der Waals surface area contributed by atoms with Gasteiger partial charge in [0.05, 0.1) is 0 Å². The lowest BCUT2D eigenvalue weighted by Crippen LogP contribution is -2.08. The Morgan fingerprint density at radius 3 is 1.96 bits per heavy atom. The monoisotopic (exact) mass is 306 g/mol. The van der Waals surface area contributed by atoms with Crippen molar-refractivity contribution in [2.75, 3.05) is 0 Å². The number of allylic oxidation sites excluding steroid dienone is 8. The first-order valence-corrected chi connectivity index (χ1v) is 7.26. The highest BCUT2D eigenvalue weighted by atomic mass is 16.6. The summed E-state index contributed by atoms with van der Waals surface area (Å²) in [5, 5.41) is 9.35. The molecule has 0 saturated heterocycles. The van der Waals surface area contributed by atoms with Crippen LogP contribution in [-0.2, 0) is 9.53 Å². The Labute approximate surface area is 135 Å². The molecule has 1 aromatic carbocycles. The van der Waals surface area contributed by atoms with E-state index in [-0.39, 0.29) is 0 Å². The second kappa shape index (κ2) is 9.18. The van der Waals surface area contributed by atoms with E-state index in [4.69, 9.17) is 0 Å². The number of cyclic esters (lactones) is 1. The van der Waals surface area contributed by atoms with Crippen LogP contribution in [0.1, 0.15) is 5.56 Å². The molecular weight excluding hydrogens is 288 g/mol. The van der Waals surface area contributed by atoms with Crippen LogP contribution in [0.4, 0.5) is 0 Å². The number of rotatable bonds is 6. The third-order valence-electron chi connectivity index (χ3n) is 2.95. The van der Waals surface area contributed by atoms with E-state index in [9.17, 15) is 9.90 Å². The van der Waals surface area contributed by atoms with Crippen molar-refractivity contribution in [2.24, 2.45) is 0 Å². The number of aliphatic hydroxyl groups is 1. The molecule has 1 aromatic rings. The van der Waals surface area contributed by atoms with E-state index < -0.39 is 12.3 Å². The molecule has 3 heteroatoms. The Hall–Kier alpha value is -2.91. The molecule has 23 heavy (non-hydrogen) atoms. The highest BCUT2D eigenvalue weighted by molar-refractivity contribution is 5.86. The second-order valence-electron chi connectivity index (χ2n) is 4.72. The summed E-state index contributed by atoms with van der Waals surface area (Å²) in [7, 11) is 0. The first-order chi connectivity index (χ1) is 11.3. The lowest BCUT2D eigenvalue weighted by Gasteiger charge is -2.01. The summed E-state index contributed by atoms with van der Waals surface area (Å²) in [4.78, 5) is 10.9. The molecule has 2 rings (SSSR count).